The first kappa shape index (κ1) is 24.0. The van der Waals surface area contributed by atoms with Gasteiger partial charge in [-0.3, -0.25) is 9.59 Å². The van der Waals surface area contributed by atoms with Crippen molar-refractivity contribution in [3.63, 3.8) is 0 Å². The van der Waals surface area contributed by atoms with E-state index in [9.17, 15) is 9.59 Å². The van der Waals surface area contributed by atoms with Gasteiger partial charge in [0.1, 0.15) is 0 Å². The molecule has 0 unspecified atom stereocenters. The van der Waals surface area contributed by atoms with Gasteiger partial charge in [-0.1, -0.05) is 54.1 Å². The Balaban J connectivity index is 1.35. The Morgan fingerprint density at radius 3 is 2.47 bits per heavy atom. The number of para-hydroxylation sites is 4. The molecule has 2 heterocycles. The van der Waals surface area contributed by atoms with Gasteiger partial charge in [0.15, 0.2) is 11.5 Å². The van der Waals surface area contributed by atoms with E-state index in [1.54, 1.807) is 37.5 Å². The highest BCUT2D eigenvalue weighted by molar-refractivity contribution is 8.19. The Morgan fingerprint density at radius 1 is 0.944 bits per heavy atom. The zero-order valence-corrected chi connectivity index (χ0v) is 21.1. The maximum atomic E-state index is 13.1. The van der Waals surface area contributed by atoms with Crippen molar-refractivity contribution in [1.29, 1.82) is 0 Å². The zero-order valence-electron chi connectivity index (χ0n) is 19.5. The monoisotopic (exact) mass is 518 g/mol. The minimum atomic E-state index is -0.375. The first-order valence-electron chi connectivity index (χ1n) is 11.4. The van der Waals surface area contributed by atoms with Crippen molar-refractivity contribution in [1.82, 2.24) is 4.57 Å². The molecule has 1 fully saturated rings. The van der Waals surface area contributed by atoms with E-state index >= 15 is 0 Å². The number of benzene rings is 3. The van der Waals surface area contributed by atoms with Gasteiger partial charge in [-0.15, -0.1) is 0 Å². The normalized spacial score (nSPS) is 14.7. The first-order chi connectivity index (χ1) is 17.6. The number of thioether (sulfide) groups is 1. The molecule has 36 heavy (non-hydrogen) atoms. The van der Waals surface area contributed by atoms with Crippen LogP contribution in [0.3, 0.4) is 0 Å². The van der Waals surface area contributed by atoms with E-state index in [1.165, 1.54) is 0 Å². The Bertz CT molecular complexity index is 1480. The molecule has 1 aliphatic heterocycles. The second kappa shape index (κ2) is 10.5. The third kappa shape index (κ3) is 4.72. The number of imide groups is 1. The fraction of sp³-hybridized carbons (Fsp3) is 0.143. The third-order valence-electron chi connectivity index (χ3n) is 5.86. The van der Waals surface area contributed by atoms with Crippen LogP contribution in [0.5, 0.6) is 11.5 Å². The molecule has 182 valence electrons. The molecule has 2 amide bonds. The molecular formula is C28H23ClN2O4S. The number of halogens is 1. The third-order valence-corrected chi connectivity index (χ3v) is 7.05. The zero-order chi connectivity index (χ0) is 25.1. The van der Waals surface area contributed by atoms with Crippen LogP contribution in [0.15, 0.2) is 83.9 Å². The van der Waals surface area contributed by atoms with Gasteiger partial charge in [0.25, 0.3) is 11.1 Å². The Labute approximate surface area is 218 Å². The molecule has 8 heteroatoms. The number of aryl methyl sites for hydroxylation is 1. The van der Waals surface area contributed by atoms with E-state index in [2.05, 4.69) is 4.57 Å². The van der Waals surface area contributed by atoms with E-state index in [0.29, 0.717) is 33.7 Å². The number of carbonyl (C=O) groups excluding carboxylic acids is 2. The number of methoxy groups -OCH3 is 1. The van der Waals surface area contributed by atoms with E-state index in [-0.39, 0.29) is 11.1 Å². The summed E-state index contributed by atoms with van der Waals surface area (Å²) in [6, 6.07) is 22.4. The fourth-order valence-corrected chi connectivity index (χ4v) is 5.23. The van der Waals surface area contributed by atoms with Crippen LogP contribution < -0.4 is 14.4 Å². The number of fused-ring (bicyclic) bond motifs is 1. The lowest BCUT2D eigenvalue weighted by atomic mass is 10.1. The summed E-state index contributed by atoms with van der Waals surface area (Å²) in [6.07, 6.45) is 4.57. The average molecular weight is 519 g/mol. The molecule has 1 saturated heterocycles. The summed E-state index contributed by atoms with van der Waals surface area (Å²) in [4.78, 5) is 27.3. The largest absolute Gasteiger partial charge is 0.493 e. The van der Waals surface area contributed by atoms with Crippen LogP contribution in [0.25, 0.3) is 17.0 Å². The number of ether oxygens (including phenoxy) is 2. The van der Waals surface area contributed by atoms with Gasteiger partial charge in [0.05, 0.1) is 29.3 Å². The van der Waals surface area contributed by atoms with Crippen LogP contribution in [-0.2, 0) is 11.3 Å². The number of amides is 2. The first-order valence-corrected chi connectivity index (χ1v) is 12.6. The summed E-state index contributed by atoms with van der Waals surface area (Å²) in [5, 5.41) is 0.997. The summed E-state index contributed by atoms with van der Waals surface area (Å²) in [7, 11) is 1.62. The minimum absolute atomic E-state index is 0.355. The molecule has 0 spiro atoms. The number of rotatable bonds is 8. The lowest BCUT2D eigenvalue weighted by Crippen LogP contribution is -2.27. The van der Waals surface area contributed by atoms with Crippen molar-refractivity contribution in [2.75, 3.05) is 18.6 Å². The summed E-state index contributed by atoms with van der Waals surface area (Å²) >= 11 is 7.16. The second-order valence-electron chi connectivity index (χ2n) is 8.12. The summed E-state index contributed by atoms with van der Waals surface area (Å²) in [5.74, 6) is 1.05. The predicted octanol–water partition coefficient (Wildman–Crippen LogP) is 7.01. The lowest BCUT2D eigenvalue weighted by Gasteiger charge is -2.13. The highest BCUT2D eigenvalue weighted by atomic mass is 35.5. The van der Waals surface area contributed by atoms with E-state index < -0.39 is 0 Å². The number of carbonyl (C=O) groups is 2. The summed E-state index contributed by atoms with van der Waals surface area (Å²) in [5.41, 5.74) is 2.31. The molecule has 0 bridgehead atoms. The SMILES string of the molecule is COc1ccccc1OCCCn1cc(/C=C2\SC(=O)N(c3ccccc3Cl)C2=O)c2ccccc21. The highest BCUT2D eigenvalue weighted by Crippen LogP contribution is 2.39. The molecule has 5 rings (SSSR count). The summed E-state index contributed by atoms with van der Waals surface area (Å²) < 4.78 is 13.4. The van der Waals surface area contributed by atoms with Crippen molar-refractivity contribution < 1.29 is 19.1 Å². The molecule has 6 nitrogen and oxygen atoms in total. The lowest BCUT2D eigenvalue weighted by molar-refractivity contribution is -0.113. The van der Waals surface area contributed by atoms with Crippen LogP contribution in [0.1, 0.15) is 12.0 Å². The molecule has 4 aromatic rings. The van der Waals surface area contributed by atoms with E-state index in [4.69, 9.17) is 21.1 Å². The highest BCUT2D eigenvalue weighted by Gasteiger charge is 2.37. The predicted molar refractivity (Wildman–Crippen MR) is 145 cm³/mol. The van der Waals surface area contributed by atoms with Crippen molar-refractivity contribution in [3.8, 4) is 11.5 Å². The molecule has 0 saturated carbocycles. The molecule has 0 aliphatic carbocycles. The molecule has 0 radical (unpaired) electrons. The second-order valence-corrected chi connectivity index (χ2v) is 9.52. The van der Waals surface area contributed by atoms with Gasteiger partial charge in [-0.25, -0.2) is 4.90 Å². The average Bonchev–Trinajstić information content (AvgIpc) is 3.38. The van der Waals surface area contributed by atoms with E-state index in [1.807, 2.05) is 54.7 Å². The van der Waals surface area contributed by atoms with Crippen LogP contribution in [-0.4, -0.2) is 29.4 Å². The number of aromatic nitrogens is 1. The quantitative estimate of drug-likeness (QED) is 0.185. The Kier molecular flexibility index (Phi) is 7.02. The van der Waals surface area contributed by atoms with Gasteiger partial charge < -0.3 is 14.0 Å². The number of anilines is 1. The van der Waals surface area contributed by atoms with Crippen LogP contribution in [0.4, 0.5) is 10.5 Å². The van der Waals surface area contributed by atoms with Gasteiger partial charge in [-0.2, -0.15) is 0 Å². The van der Waals surface area contributed by atoms with Crippen molar-refractivity contribution in [2.24, 2.45) is 0 Å². The standard InChI is InChI=1S/C28H23ClN2O4S/c1-34-24-13-6-7-14-25(24)35-16-8-15-30-18-19(20-9-2-4-11-22(20)30)17-26-27(32)31(28(33)36-26)23-12-5-3-10-21(23)29/h2-7,9-14,17-18H,8,15-16H2,1H3/b26-17-. The van der Waals surface area contributed by atoms with Gasteiger partial charge in [-0.05, 0) is 54.6 Å². The molecular weight excluding hydrogens is 496 g/mol. The molecule has 0 atom stereocenters. The molecule has 1 aliphatic rings. The summed E-state index contributed by atoms with van der Waals surface area (Å²) in [6.45, 7) is 1.25. The maximum absolute atomic E-state index is 13.1. The van der Waals surface area contributed by atoms with Gasteiger partial charge in [0.2, 0.25) is 0 Å². The molecule has 3 aromatic carbocycles. The Morgan fingerprint density at radius 2 is 1.67 bits per heavy atom. The van der Waals surface area contributed by atoms with Gasteiger partial charge in [0, 0.05) is 29.2 Å². The van der Waals surface area contributed by atoms with Crippen LogP contribution in [0.2, 0.25) is 5.02 Å². The van der Waals surface area contributed by atoms with E-state index in [0.717, 1.165) is 46.1 Å². The van der Waals surface area contributed by atoms with Crippen LogP contribution >= 0.6 is 23.4 Å². The number of hydrogen-bond donors (Lipinski definition) is 0. The molecule has 1 aromatic heterocycles. The van der Waals surface area contributed by atoms with Crippen molar-refractivity contribution in [2.45, 2.75) is 13.0 Å². The topological polar surface area (TPSA) is 60.8 Å². The fourth-order valence-electron chi connectivity index (χ4n) is 4.18. The number of hydrogen-bond acceptors (Lipinski definition) is 5. The Hall–Kier alpha value is -3.68. The smallest absolute Gasteiger partial charge is 0.298 e. The van der Waals surface area contributed by atoms with Gasteiger partial charge >= 0.3 is 0 Å². The van der Waals surface area contributed by atoms with Crippen LogP contribution in [0, 0.1) is 0 Å². The maximum Gasteiger partial charge on any atom is 0.298 e. The van der Waals surface area contributed by atoms with Crippen molar-refractivity contribution in [3.05, 3.63) is 94.5 Å². The van der Waals surface area contributed by atoms with Crippen molar-refractivity contribution >= 4 is 57.2 Å². The number of nitrogens with zero attached hydrogens (tertiary/aromatic N) is 2. The minimum Gasteiger partial charge on any atom is -0.493 e. The molecule has 0 N–H and O–H groups in total.